The van der Waals surface area contributed by atoms with Gasteiger partial charge in [0.1, 0.15) is 18.7 Å². The van der Waals surface area contributed by atoms with Crippen LogP contribution in [0.1, 0.15) is 5.56 Å². The monoisotopic (exact) mass is 379 g/mol. The molecular formula is C14H11ClFN7O3. The standard InChI is InChI=1S/C14H11ClFN7O3/c15-10-2-1-3-11(16)9(10)6-22-8-17-14(20-22)18-13(24)7-21-5-4-12(19-21)23(25)26/h1-5,8H,6-7H2,(H,18,20,24). The molecule has 2 heterocycles. The molecule has 0 saturated heterocycles. The van der Waals surface area contributed by atoms with Gasteiger partial charge in [-0.1, -0.05) is 17.7 Å². The summed E-state index contributed by atoms with van der Waals surface area (Å²) in [5, 5.41) is 20.9. The fourth-order valence-electron chi connectivity index (χ4n) is 2.12. The summed E-state index contributed by atoms with van der Waals surface area (Å²) in [4.78, 5) is 25.7. The van der Waals surface area contributed by atoms with Crippen LogP contribution in [0.25, 0.3) is 0 Å². The molecule has 12 heteroatoms. The van der Waals surface area contributed by atoms with Gasteiger partial charge in [0.05, 0.1) is 23.9 Å². The van der Waals surface area contributed by atoms with Crippen LogP contribution in [0.15, 0.2) is 36.8 Å². The molecule has 0 aliphatic carbocycles. The number of hydrogen-bond acceptors (Lipinski definition) is 6. The van der Waals surface area contributed by atoms with Crippen molar-refractivity contribution in [3.05, 3.63) is 63.3 Å². The molecule has 0 saturated carbocycles. The molecule has 0 aliphatic heterocycles. The number of aromatic nitrogens is 5. The number of nitrogens with one attached hydrogen (secondary N) is 1. The lowest BCUT2D eigenvalue weighted by Crippen LogP contribution is -2.20. The Balaban J connectivity index is 1.62. The highest BCUT2D eigenvalue weighted by molar-refractivity contribution is 6.31. The summed E-state index contributed by atoms with van der Waals surface area (Å²) in [7, 11) is 0. The summed E-state index contributed by atoms with van der Waals surface area (Å²) in [6, 6.07) is 5.51. The van der Waals surface area contributed by atoms with Crippen molar-refractivity contribution in [1.82, 2.24) is 24.5 Å². The second-order valence-electron chi connectivity index (χ2n) is 5.14. The molecule has 10 nitrogen and oxygen atoms in total. The zero-order valence-corrected chi connectivity index (χ0v) is 13.8. The van der Waals surface area contributed by atoms with Gasteiger partial charge in [-0.3, -0.25) is 10.1 Å². The normalized spacial score (nSPS) is 10.7. The molecule has 134 valence electrons. The molecule has 0 bridgehead atoms. The smallest absolute Gasteiger partial charge is 0.358 e. The Labute approximate surface area is 150 Å². The molecule has 1 aromatic carbocycles. The van der Waals surface area contributed by atoms with Crippen molar-refractivity contribution in [3.8, 4) is 0 Å². The number of nitro groups is 1. The Morgan fingerprint density at radius 3 is 2.81 bits per heavy atom. The third kappa shape index (κ3) is 4.00. The number of halogens is 2. The molecule has 1 N–H and O–H groups in total. The number of nitrogens with zero attached hydrogens (tertiary/aromatic N) is 6. The third-order valence-electron chi connectivity index (χ3n) is 3.29. The van der Waals surface area contributed by atoms with E-state index in [0.29, 0.717) is 0 Å². The lowest BCUT2D eigenvalue weighted by molar-refractivity contribution is -0.389. The van der Waals surface area contributed by atoms with Crippen molar-refractivity contribution in [3.63, 3.8) is 0 Å². The van der Waals surface area contributed by atoms with Crippen LogP contribution in [0, 0.1) is 15.9 Å². The first-order chi connectivity index (χ1) is 12.4. The number of amides is 1. The molecule has 3 rings (SSSR count). The van der Waals surface area contributed by atoms with Gasteiger partial charge in [0, 0.05) is 10.6 Å². The van der Waals surface area contributed by atoms with Crippen LogP contribution in [-0.4, -0.2) is 35.4 Å². The van der Waals surface area contributed by atoms with Crippen LogP contribution < -0.4 is 5.32 Å². The van der Waals surface area contributed by atoms with Crippen molar-refractivity contribution in [2.75, 3.05) is 5.32 Å². The number of carbonyl (C=O) groups excluding carboxylic acids is 1. The Bertz CT molecular complexity index is 951. The predicted molar refractivity (Wildman–Crippen MR) is 88.0 cm³/mol. The summed E-state index contributed by atoms with van der Waals surface area (Å²) in [5.74, 6) is -1.35. The van der Waals surface area contributed by atoms with Crippen molar-refractivity contribution >= 4 is 29.3 Å². The third-order valence-corrected chi connectivity index (χ3v) is 3.64. The quantitative estimate of drug-likeness (QED) is 0.515. The SMILES string of the molecule is O=C(Cn1ccc([N+](=O)[O-])n1)Nc1ncn(Cc2c(F)cccc2Cl)n1. The highest BCUT2D eigenvalue weighted by Gasteiger charge is 2.15. The number of carbonyl (C=O) groups is 1. The first kappa shape index (κ1) is 17.5. The lowest BCUT2D eigenvalue weighted by Gasteiger charge is -2.05. The molecule has 3 aromatic rings. The maximum absolute atomic E-state index is 13.8. The van der Waals surface area contributed by atoms with E-state index < -0.39 is 16.6 Å². The molecule has 26 heavy (non-hydrogen) atoms. The highest BCUT2D eigenvalue weighted by Crippen LogP contribution is 2.19. The number of anilines is 1. The minimum Gasteiger partial charge on any atom is -0.358 e. The predicted octanol–water partition coefficient (Wildman–Crippen LogP) is 1.86. The molecular weight excluding hydrogens is 369 g/mol. The molecule has 2 aromatic heterocycles. The van der Waals surface area contributed by atoms with Crippen LogP contribution in [0.5, 0.6) is 0 Å². The van der Waals surface area contributed by atoms with E-state index in [-0.39, 0.29) is 35.4 Å². The Kier molecular flexibility index (Phi) is 4.89. The zero-order chi connectivity index (χ0) is 18.7. The van der Waals surface area contributed by atoms with Crippen LogP contribution in [-0.2, 0) is 17.9 Å². The Hall–Kier alpha value is -3.34. The van der Waals surface area contributed by atoms with Gasteiger partial charge in [-0.15, -0.1) is 5.10 Å². The average molecular weight is 380 g/mol. The van der Waals surface area contributed by atoms with Gasteiger partial charge < -0.3 is 10.1 Å². The molecule has 0 unspecified atom stereocenters. The summed E-state index contributed by atoms with van der Waals surface area (Å²) in [5.41, 5.74) is 0.251. The van der Waals surface area contributed by atoms with E-state index >= 15 is 0 Å². The number of rotatable bonds is 6. The number of benzene rings is 1. The van der Waals surface area contributed by atoms with Gasteiger partial charge in [0.25, 0.3) is 5.91 Å². The highest BCUT2D eigenvalue weighted by atomic mass is 35.5. The van der Waals surface area contributed by atoms with Gasteiger partial charge in [0.15, 0.2) is 0 Å². The van der Waals surface area contributed by atoms with Gasteiger partial charge in [-0.25, -0.2) is 14.1 Å². The van der Waals surface area contributed by atoms with E-state index in [1.807, 2.05) is 0 Å². The molecule has 0 spiro atoms. The van der Waals surface area contributed by atoms with Crippen molar-refractivity contribution < 1.29 is 14.1 Å². The first-order valence-electron chi connectivity index (χ1n) is 7.22. The Morgan fingerprint density at radius 2 is 2.12 bits per heavy atom. The topological polar surface area (TPSA) is 121 Å². The van der Waals surface area contributed by atoms with E-state index in [4.69, 9.17) is 11.6 Å². The summed E-state index contributed by atoms with van der Waals surface area (Å²) in [6.07, 6.45) is 2.63. The van der Waals surface area contributed by atoms with E-state index in [9.17, 15) is 19.3 Å². The van der Waals surface area contributed by atoms with E-state index in [2.05, 4.69) is 20.5 Å². The van der Waals surface area contributed by atoms with Gasteiger partial charge in [0.2, 0.25) is 5.95 Å². The molecule has 0 atom stereocenters. The Morgan fingerprint density at radius 1 is 1.31 bits per heavy atom. The minimum absolute atomic E-state index is 0.00381. The van der Waals surface area contributed by atoms with E-state index in [1.165, 1.54) is 35.4 Å². The molecule has 1 amide bonds. The maximum atomic E-state index is 13.8. The van der Waals surface area contributed by atoms with Crippen LogP contribution in [0.3, 0.4) is 0 Å². The van der Waals surface area contributed by atoms with Crippen molar-refractivity contribution in [2.24, 2.45) is 0 Å². The second kappa shape index (κ2) is 7.27. The van der Waals surface area contributed by atoms with Gasteiger partial charge in [-0.05, 0) is 17.1 Å². The average Bonchev–Trinajstić information content (AvgIpc) is 3.21. The van der Waals surface area contributed by atoms with E-state index in [1.54, 1.807) is 6.07 Å². The van der Waals surface area contributed by atoms with Crippen molar-refractivity contribution in [2.45, 2.75) is 13.1 Å². The number of hydrogen-bond donors (Lipinski definition) is 1. The summed E-state index contributed by atoms with van der Waals surface area (Å²) >= 11 is 5.96. The van der Waals surface area contributed by atoms with Crippen LogP contribution in [0.2, 0.25) is 5.02 Å². The van der Waals surface area contributed by atoms with E-state index in [0.717, 1.165) is 4.68 Å². The summed E-state index contributed by atoms with van der Waals surface area (Å²) < 4.78 is 16.2. The van der Waals surface area contributed by atoms with Crippen LogP contribution in [0.4, 0.5) is 16.2 Å². The first-order valence-corrected chi connectivity index (χ1v) is 7.60. The molecule has 0 aliphatic rings. The zero-order valence-electron chi connectivity index (χ0n) is 13.0. The van der Waals surface area contributed by atoms with Crippen LogP contribution >= 0.6 is 11.6 Å². The summed E-state index contributed by atoms with van der Waals surface area (Å²) in [6.45, 7) is -0.207. The largest absolute Gasteiger partial charge is 0.389 e. The fraction of sp³-hybridized carbons (Fsp3) is 0.143. The van der Waals surface area contributed by atoms with Gasteiger partial charge >= 0.3 is 5.82 Å². The maximum Gasteiger partial charge on any atom is 0.389 e. The second-order valence-corrected chi connectivity index (χ2v) is 5.55. The molecule has 0 fully saturated rings. The molecule has 0 radical (unpaired) electrons. The minimum atomic E-state index is -0.661. The lowest BCUT2D eigenvalue weighted by atomic mass is 10.2. The van der Waals surface area contributed by atoms with Gasteiger partial charge in [-0.2, -0.15) is 4.68 Å². The fourth-order valence-corrected chi connectivity index (χ4v) is 2.34. The van der Waals surface area contributed by atoms with Crippen molar-refractivity contribution in [1.29, 1.82) is 0 Å².